The van der Waals surface area contributed by atoms with Gasteiger partial charge in [-0.3, -0.25) is 4.79 Å². The largest absolute Gasteiger partial charge is 0.359 e. The fourth-order valence-corrected chi connectivity index (χ4v) is 1.76. The quantitative estimate of drug-likeness (QED) is 0.652. The lowest BCUT2D eigenvalue weighted by Crippen LogP contribution is -2.22. The lowest BCUT2D eigenvalue weighted by Gasteiger charge is -2.20. The van der Waals surface area contributed by atoms with E-state index in [2.05, 4.69) is 5.32 Å². The molecule has 0 saturated heterocycles. The Bertz CT molecular complexity index is 132. The summed E-state index contributed by atoms with van der Waals surface area (Å²) in [6.07, 6.45) is 7.27. The van der Waals surface area contributed by atoms with E-state index in [1.54, 1.807) is 7.05 Å². The van der Waals surface area contributed by atoms with Gasteiger partial charge in [-0.2, -0.15) is 0 Å². The third-order valence-corrected chi connectivity index (χ3v) is 2.48. The number of amides is 1. The van der Waals surface area contributed by atoms with Crippen LogP contribution in [0.4, 0.5) is 0 Å². The molecule has 11 heavy (non-hydrogen) atoms. The molecule has 1 fully saturated rings. The predicted octanol–water partition coefficient (Wildman–Crippen LogP) is 1.95. The monoisotopic (exact) mass is 157 g/mol. The number of rotatable bonds is 2. The zero-order chi connectivity index (χ0) is 8.10. The first-order valence-electron chi connectivity index (χ1n) is 4.53. The van der Waals surface area contributed by atoms with E-state index in [1.165, 1.54) is 32.1 Å². The fourth-order valence-electron chi connectivity index (χ4n) is 1.76. The van der Waals surface area contributed by atoms with Crippen molar-refractivity contribution in [2.75, 3.05) is 7.05 Å². The molecule has 0 aromatic carbocycles. The van der Waals surface area contributed by atoms with Gasteiger partial charge in [0.05, 0.1) is 0 Å². The van der Waals surface area contributed by atoms with Crippen LogP contribution in [0.15, 0.2) is 0 Å². The van der Waals surface area contributed by atoms with Gasteiger partial charge in [0, 0.05) is 14.9 Å². The van der Waals surface area contributed by atoms with Crippen molar-refractivity contribution < 1.29 is 6.22 Å². The van der Waals surface area contributed by atoms with Crippen molar-refractivity contribution in [3.05, 3.63) is 0 Å². The molecule has 1 aliphatic rings. The van der Waals surface area contributed by atoms with E-state index < -0.39 is 0 Å². The molecule has 0 aromatic rings. The Balaban J connectivity index is 0.00000121. The van der Waals surface area contributed by atoms with E-state index in [-0.39, 0.29) is 7.33 Å². The van der Waals surface area contributed by atoms with Crippen LogP contribution in [0.25, 0.3) is 0 Å². The van der Waals surface area contributed by atoms with E-state index in [4.69, 9.17) is 0 Å². The Hall–Kier alpha value is -0.530. The maximum absolute atomic E-state index is 11.0. The molecule has 0 atom stereocenters. The fraction of sp³-hybridized carbons (Fsp3) is 0.889. The third-order valence-electron chi connectivity index (χ3n) is 2.48. The van der Waals surface area contributed by atoms with Crippen LogP contribution < -0.4 is 5.32 Å². The van der Waals surface area contributed by atoms with Crippen molar-refractivity contribution in [3.8, 4) is 0 Å². The van der Waals surface area contributed by atoms with Gasteiger partial charge in [0.15, 0.2) is 0 Å². The van der Waals surface area contributed by atoms with E-state index in [1.807, 2.05) is 0 Å². The average Bonchev–Trinajstić information content (AvgIpc) is 2.06. The second-order valence-corrected chi connectivity index (χ2v) is 3.38. The highest BCUT2D eigenvalue weighted by molar-refractivity contribution is 5.75. The van der Waals surface area contributed by atoms with Gasteiger partial charge in [-0.05, 0) is 18.8 Å². The summed E-state index contributed by atoms with van der Waals surface area (Å²) in [5.41, 5.74) is 0. The van der Waals surface area contributed by atoms with Crippen LogP contribution in [-0.4, -0.2) is 13.0 Å². The Kier molecular flexibility index (Phi) is 3.40. The summed E-state index contributed by atoms with van der Waals surface area (Å²) >= 11 is 0. The molecule has 0 spiro atoms. The van der Waals surface area contributed by atoms with Gasteiger partial charge in [0.2, 0.25) is 5.91 Å². The van der Waals surface area contributed by atoms with E-state index in [9.17, 15) is 4.79 Å². The maximum atomic E-state index is 11.0. The van der Waals surface area contributed by atoms with Gasteiger partial charge in [-0.15, -0.1) is 0 Å². The second-order valence-electron chi connectivity index (χ2n) is 3.38. The molecule has 0 aliphatic heterocycles. The molecule has 1 N–H and O–H groups in total. The van der Waals surface area contributed by atoms with Crippen molar-refractivity contribution >= 4 is 5.91 Å². The number of nitrogens with one attached hydrogen (secondary N) is 1. The number of hydrogen-bond acceptors (Lipinski definition) is 1. The van der Waals surface area contributed by atoms with Crippen LogP contribution >= 0.6 is 0 Å². The first kappa shape index (κ1) is 8.57. The topological polar surface area (TPSA) is 29.1 Å². The van der Waals surface area contributed by atoms with Gasteiger partial charge in [0.25, 0.3) is 0 Å². The first-order chi connectivity index (χ1) is 5.33. The molecule has 1 rings (SSSR count). The van der Waals surface area contributed by atoms with Gasteiger partial charge >= 0.3 is 0 Å². The minimum atomic E-state index is 0. The van der Waals surface area contributed by atoms with E-state index >= 15 is 0 Å². The average molecular weight is 157 g/mol. The standard InChI is InChI=1S/C9H17NO.H2/c1-10-9(11)7-8-5-3-2-4-6-8;/h8H,2-7H2,1H3,(H,10,11);1H. The molecular weight excluding hydrogens is 138 g/mol. The molecule has 0 unspecified atom stereocenters. The summed E-state index contributed by atoms with van der Waals surface area (Å²) in [4.78, 5) is 11.0. The van der Waals surface area contributed by atoms with Gasteiger partial charge in [0.1, 0.15) is 0 Å². The lowest BCUT2D eigenvalue weighted by molar-refractivity contribution is -0.121. The Labute approximate surface area is 69.8 Å². The van der Waals surface area contributed by atoms with Crippen LogP contribution in [0, 0.1) is 5.92 Å². The highest BCUT2D eigenvalue weighted by Crippen LogP contribution is 2.25. The molecule has 2 nitrogen and oxygen atoms in total. The van der Waals surface area contributed by atoms with Crippen LogP contribution in [-0.2, 0) is 4.79 Å². The zero-order valence-corrected chi connectivity index (χ0v) is 7.23. The summed E-state index contributed by atoms with van der Waals surface area (Å²) in [7, 11) is 1.71. The predicted molar refractivity (Wildman–Crippen MR) is 47.4 cm³/mol. The summed E-state index contributed by atoms with van der Waals surface area (Å²) < 4.78 is 0. The van der Waals surface area contributed by atoms with Crippen molar-refractivity contribution in [2.24, 2.45) is 5.92 Å². The van der Waals surface area contributed by atoms with Gasteiger partial charge < -0.3 is 5.32 Å². The Morgan fingerprint density at radius 3 is 2.64 bits per heavy atom. The molecule has 1 saturated carbocycles. The highest BCUT2D eigenvalue weighted by atomic mass is 16.1. The molecule has 0 heterocycles. The van der Waals surface area contributed by atoms with E-state index in [0.29, 0.717) is 5.92 Å². The molecule has 0 radical (unpaired) electrons. The molecule has 66 valence electrons. The number of carbonyl (C=O) groups excluding carboxylic acids is 1. The minimum Gasteiger partial charge on any atom is -0.359 e. The van der Waals surface area contributed by atoms with Crippen molar-refractivity contribution in [3.63, 3.8) is 0 Å². The first-order valence-corrected chi connectivity index (χ1v) is 4.53. The number of hydrogen-bond donors (Lipinski definition) is 1. The Morgan fingerprint density at radius 1 is 1.45 bits per heavy atom. The van der Waals surface area contributed by atoms with Crippen LogP contribution in [0.5, 0.6) is 0 Å². The summed E-state index contributed by atoms with van der Waals surface area (Å²) in [5, 5.41) is 2.67. The highest BCUT2D eigenvalue weighted by Gasteiger charge is 2.15. The van der Waals surface area contributed by atoms with Crippen LogP contribution in [0.2, 0.25) is 0 Å². The maximum Gasteiger partial charge on any atom is 0.220 e. The molecule has 0 aromatic heterocycles. The molecule has 0 bridgehead atoms. The molecule has 1 aliphatic carbocycles. The van der Waals surface area contributed by atoms with Crippen molar-refractivity contribution in [1.82, 2.24) is 5.32 Å². The normalized spacial score (nSPS) is 19.7. The summed E-state index contributed by atoms with van der Waals surface area (Å²) in [6.45, 7) is 0. The Morgan fingerprint density at radius 2 is 2.09 bits per heavy atom. The molecular formula is C9H19NO. The van der Waals surface area contributed by atoms with Crippen molar-refractivity contribution in [2.45, 2.75) is 38.5 Å². The summed E-state index contributed by atoms with van der Waals surface area (Å²) in [6, 6.07) is 0. The minimum absolute atomic E-state index is 0. The number of carbonyl (C=O) groups is 1. The molecule has 2 heteroatoms. The van der Waals surface area contributed by atoms with E-state index in [0.717, 1.165) is 6.42 Å². The smallest absolute Gasteiger partial charge is 0.220 e. The van der Waals surface area contributed by atoms with Crippen LogP contribution in [0.1, 0.15) is 40.0 Å². The van der Waals surface area contributed by atoms with Crippen LogP contribution in [0.3, 0.4) is 0 Å². The second kappa shape index (κ2) is 4.37. The molecule has 1 amide bonds. The lowest BCUT2D eigenvalue weighted by atomic mass is 9.87. The SMILES string of the molecule is CNC(=O)CC1CCCCC1.[HH]. The zero-order valence-electron chi connectivity index (χ0n) is 7.23. The van der Waals surface area contributed by atoms with Crippen molar-refractivity contribution in [1.29, 1.82) is 0 Å². The summed E-state index contributed by atoms with van der Waals surface area (Å²) in [5.74, 6) is 0.876. The third kappa shape index (κ3) is 2.91. The van der Waals surface area contributed by atoms with Gasteiger partial charge in [-0.1, -0.05) is 19.3 Å². The van der Waals surface area contributed by atoms with Gasteiger partial charge in [-0.25, -0.2) is 0 Å².